The number of likely N-dealkylation sites (tertiary alicyclic amines) is 1. The molecule has 0 N–H and O–H groups in total. The molecule has 0 aliphatic carbocycles. The summed E-state index contributed by atoms with van der Waals surface area (Å²) in [4.78, 5) is 29.8. The molecule has 2 aliphatic rings. The van der Waals surface area contributed by atoms with Crippen molar-refractivity contribution < 1.29 is 18.7 Å². The number of amides is 2. The number of hydrogen-bond donors (Lipinski definition) is 0. The minimum absolute atomic E-state index is 0.00614. The average Bonchev–Trinajstić information content (AvgIpc) is 2.94. The minimum Gasteiger partial charge on any atom is -0.364 e. The monoisotopic (exact) mass is 335 g/mol. The van der Waals surface area contributed by atoms with Crippen molar-refractivity contribution in [3.8, 4) is 0 Å². The van der Waals surface area contributed by atoms with Gasteiger partial charge < -0.3 is 19.4 Å². The summed E-state index contributed by atoms with van der Waals surface area (Å²) in [5, 5.41) is 0. The molecule has 0 radical (unpaired) electrons. The van der Waals surface area contributed by atoms with Crippen LogP contribution >= 0.6 is 0 Å². The Kier molecular flexibility index (Phi) is 4.82. The Morgan fingerprint density at radius 3 is 2.88 bits per heavy atom. The van der Waals surface area contributed by atoms with E-state index in [2.05, 4.69) is 0 Å². The van der Waals surface area contributed by atoms with Gasteiger partial charge in [0.15, 0.2) is 0 Å². The average molecular weight is 335 g/mol. The SMILES string of the molecule is CN(C)CC(=O)N1C[C@@H]2OCC(=O)N(Cc3cccc(F)c3)[C@H]2C1. The highest BCUT2D eigenvalue weighted by Gasteiger charge is 2.44. The minimum atomic E-state index is -0.320. The van der Waals surface area contributed by atoms with Crippen LogP contribution < -0.4 is 0 Å². The summed E-state index contributed by atoms with van der Waals surface area (Å²) in [5.41, 5.74) is 0.738. The largest absolute Gasteiger partial charge is 0.364 e. The molecule has 0 spiro atoms. The lowest BCUT2D eigenvalue weighted by Crippen LogP contribution is -2.53. The van der Waals surface area contributed by atoms with Crippen molar-refractivity contribution in [3.63, 3.8) is 0 Å². The molecule has 0 saturated carbocycles. The summed E-state index contributed by atoms with van der Waals surface area (Å²) in [6.07, 6.45) is -0.178. The fraction of sp³-hybridized carbons (Fsp3) is 0.529. The van der Waals surface area contributed by atoms with E-state index in [1.807, 2.05) is 19.0 Å². The molecule has 2 saturated heterocycles. The van der Waals surface area contributed by atoms with E-state index in [9.17, 15) is 14.0 Å². The molecule has 2 atom stereocenters. The zero-order chi connectivity index (χ0) is 17.3. The third kappa shape index (κ3) is 3.57. The Balaban J connectivity index is 1.72. The molecule has 0 aromatic heterocycles. The van der Waals surface area contributed by atoms with Crippen LogP contribution in [-0.4, -0.2) is 79.0 Å². The molecule has 2 aliphatic heterocycles. The van der Waals surface area contributed by atoms with Crippen molar-refractivity contribution in [2.24, 2.45) is 0 Å². The summed E-state index contributed by atoms with van der Waals surface area (Å²) in [6, 6.07) is 6.06. The molecule has 0 unspecified atom stereocenters. The fourth-order valence-corrected chi connectivity index (χ4v) is 3.28. The predicted molar refractivity (Wildman–Crippen MR) is 85.6 cm³/mol. The molecule has 2 heterocycles. The normalized spacial score (nSPS) is 23.8. The second kappa shape index (κ2) is 6.86. The van der Waals surface area contributed by atoms with E-state index in [0.29, 0.717) is 26.2 Å². The summed E-state index contributed by atoms with van der Waals surface area (Å²) in [7, 11) is 3.69. The maximum absolute atomic E-state index is 13.4. The highest BCUT2D eigenvalue weighted by atomic mass is 19.1. The maximum Gasteiger partial charge on any atom is 0.249 e. The molecular weight excluding hydrogens is 313 g/mol. The Hall–Kier alpha value is -1.99. The lowest BCUT2D eigenvalue weighted by molar-refractivity contribution is -0.153. The number of fused-ring (bicyclic) bond motifs is 1. The highest BCUT2D eigenvalue weighted by Crippen LogP contribution is 2.25. The number of likely N-dealkylation sites (N-methyl/N-ethyl adjacent to an activating group) is 1. The van der Waals surface area contributed by atoms with E-state index in [-0.39, 0.29) is 36.4 Å². The third-order valence-corrected chi connectivity index (χ3v) is 4.42. The Labute approximate surface area is 140 Å². The number of nitrogens with zero attached hydrogens (tertiary/aromatic N) is 3. The molecule has 130 valence electrons. The Bertz CT molecular complexity index is 637. The van der Waals surface area contributed by atoms with Gasteiger partial charge in [0.25, 0.3) is 0 Å². The molecule has 1 aromatic rings. The van der Waals surface area contributed by atoms with E-state index >= 15 is 0 Å². The van der Waals surface area contributed by atoms with Crippen LogP contribution in [0, 0.1) is 5.82 Å². The van der Waals surface area contributed by atoms with Crippen LogP contribution in [0.2, 0.25) is 0 Å². The highest BCUT2D eigenvalue weighted by molar-refractivity contribution is 5.81. The molecule has 24 heavy (non-hydrogen) atoms. The molecule has 1 aromatic carbocycles. The summed E-state index contributed by atoms with van der Waals surface area (Å²) >= 11 is 0. The van der Waals surface area contributed by atoms with Crippen LogP contribution in [0.15, 0.2) is 24.3 Å². The van der Waals surface area contributed by atoms with E-state index in [0.717, 1.165) is 5.56 Å². The molecule has 0 bridgehead atoms. The summed E-state index contributed by atoms with van der Waals surface area (Å²) < 4.78 is 19.0. The number of morpholine rings is 1. The van der Waals surface area contributed by atoms with Crippen molar-refractivity contribution in [1.82, 2.24) is 14.7 Å². The van der Waals surface area contributed by atoms with Crippen molar-refractivity contribution in [2.75, 3.05) is 40.3 Å². The lowest BCUT2D eigenvalue weighted by atomic mass is 10.1. The van der Waals surface area contributed by atoms with Gasteiger partial charge in [0, 0.05) is 19.6 Å². The van der Waals surface area contributed by atoms with Gasteiger partial charge in [-0.2, -0.15) is 0 Å². The quantitative estimate of drug-likeness (QED) is 0.796. The zero-order valence-corrected chi connectivity index (χ0v) is 13.9. The number of halogens is 1. The molecule has 3 rings (SSSR count). The molecule has 7 heteroatoms. The van der Waals surface area contributed by atoms with Crippen molar-refractivity contribution >= 4 is 11.8 Å². The number of carbonyl (C=O) groups is 2. The molecular formula is C17H22FN3O3. The summed E-state index contributed by atoms with van der Waals surface area (Å²) in [5.74, 6) is -0.419. The number of rotatable bonds is 4. The van der Waals surface area contributed by atoms with Gasteiger partial charge in [-0.05, 0) is 31.8 Å². The standard InChI is InChI=1S/C17H22FN3O3/c1-19(2)10-16(22)20-8-14-15(9-20)24-11-17(23)21(14)7-12-4-3-5-13(18)6-12/h3-6,14-15H,7-11H2,1-2H3/t14-,15-/m0/s1. The number of hydrogen-bond acceptors (Lipinski definition) is 4. The van der Waals surface area contributed by atoms with E-state index < -0.39 is 0 Å². The van der Waals surface area contributed by atoms with Gasteiger partial charge in [-0.25, -0.2) is 4.39 Å². The molecule has 2 amide bonds. The molecule has 2 fully saturated rings. The smallest absolute Gasteiger partial charge is 0.249 e. The van der Waals surface area contributed by atoms with Gasteiger partial charge in [-0.1, -0.05) is 12.1 Å². The van der Waals surface area contributed by atoms with Crippen molar-refractivity contribution in [2.45, 2.75) is 18.7 Å². The second-order valence-corrected chi connectivity index (χ2v) is 6.60. The van der Waals surface area contributed by atoms with Crippen molar-refractivity contribution in [1.29, 1.82) is 0 Å². The first kappa shape index (κ1) is 16.9. The van der Waals surface area contributed by atoms with E-state index in [1.165, 1.54) is 12.1 Å². The third-order valence-electron chi connectivity index (χ3n) is 4.42. The van der Waals surface area contributed by atoms with Crippen LogP contribution in [-0.2, 0) is 20.9 Å². The zero-order valence-electron chi connectivity index (χ0n) is 13.9. The lowest BCUT2D eigenvalue weighted by Gasteiger charge is -2.36. The number of ether oxygens (including phenoxy) is 1. The van der Waals surface area contributed by atoms with Gasteiger partial charge in [0.1, 0.15) is 12.4 Å². The van der Waals surface area contributed by atoms with Crippen LogP contribution in [0.5, 0.6) is 0 Å². The number of benzene rings is 1. The maximum atomic E-state index is 13.4. The van der Waals surface area contributed by atoms with Gasteiger partial charge in [0.2, 0.25) is 11.8 Å². The first-order valence-corrected chi connectivity index (χ1v) is 8.02. The predicted octanol–water partition coefficient (Wildman–Crippen LogP) is 0.326. The van der Waals surface area contributed by atoms with Gasteiger partial charge >= 0.3 is 0 Å². The number of carbonyl (C=O) groups excluding carboxylic acids is 2. The first-order valence-electron chi connectivity index (χ1n) is 8.02. The van der Waals surface area contributed by atoms with E-state index in [4.69, 9.17) is 4.74 Å². The Morgan fingerprint density at radius 2 is 2.17 bits per heavy atom. The van der Waals surface area contributed by atoms with Crippen LogP contribution in [0.25, 0.3) is 0 Å². The van der Waals surface area contributed by atoms with Crippen molar-refractivity contribution in [3.05, 3.63) is 35.6 Å². The van der Waals surface area contributed by atoms with Crippen LogP contribution in [0.4, 0.5) is 4.39 Å². The van der Waals surface area contributed by atoms with Crippen LogP contribution in [0.1, 0.15) is 5.56 Å². The van der Waals surface area contributed by atoms with Gasteiger partial charge in [-0.3, -0.25) is 9.59 Å². The Morgan fingerprint density at radius 1 is 1.38 bits per heavy atom. The first-order chi connectivity index (χ1) is 11.4. The molecule has 6 nitrogen and oxygen atoms in total. The van der Waals surface area contributed by atoms with Crippen LogP contribution in [0.3, 0.4) is 0 Å². The van der Waals surface area contributed by atoms with E-state index in [1.54, 1.807) is 21.9 Å². The van der Waals surface area contributed by atoms with Gasteiger partial charge in [-0.15, -0.1) is 0 Å². The second-order valence-electron chi connectivity index (χ2n) is 6.60. The van der Waals surface area contributed by atoms with Gasteiger partial charge in [0.05, 0.1) is 18.7 Å². The fourth-order valence-electron chi connectivity index (χ4n) is 3.28. The summed E-state index contributed by atoms with van der Waals surface area (Å²) in [6.45, 7) is 1.61. The topological polar surface area (TPSA) is 53.1 Å².